The lowest BCUT2D eigenvalue weighted by Crippen LogP contribution is -2.29. The van der Waals surface area contributed by atoms with Crippen molar-refractivity contribution in [2.75, 3.05) is 13.2 Å². The molecule has 4 N–H and O–H groups in total. The first-order chi connectivity index (χ1) is 4.33. The first kappa shape index (κ1) is 6.58. The van der Waals surface area contributed by atoms with Crippen LogP contribution in [0.4, 0.5) is 0 Å². The zero-order valence-electron chi connectivity index (χ0n) is 5.34. The van der Waals surface area contributed by atoms with Crippen molar-refractivity contribution in [3.05, 3.63) is 11.8 Å². The van der Waals surface area contributed by atoms with Crippen molar-refractivity contribution in [3.8, 4) is 0 Å². The molecule has 52 valence electrons. The molecule has 1 aliphatic heterocycles. The van der Waals surface area contributed by atoms with Crippen LogP contribution >= 0.6 is 0 Å². The van der Waals surface area contributed by atoms with Crippen LogP contribution < -0.4 is 11.5 Å². The lowest BCUT2D eigenvalue weighted by molar-refractivity contribution is 0.174. The van der Waals surface area contributed by atoms with Gasteiger partial charge in [-0.05, 0) is 12.5 Å². The lowest BCUT2D eigenvalue weighted by Gasteiger charge is -2.18. The summed E-state index contributed by atoms with van der Waals surface area (Å²) in [5.41, 5.74) is 10.9. The first-order valence-electron chi connectivity index (χ1n) is 3.10. The molecule has 0 aromatic heterocycles. The third-order valence-corrected chi connectivity index (χ3v) is 1.33. The van der Waals surface area contributed by atoms with Gasteiger partial charge in [0, 0.05) is 6.04 Å². The van der Waals surface area contributed by atoms with E-state index >= 15 is 0 Å². The van der Waals surface area contributed by atoms with Crippen molar-refractivity contribution in [2.24, 2.45) is 11.5 Å². The van der Waals surface area contributed by atoms with E-state index in [2.05, 4.69) is 0 Å². The number of hydrogen-bond donors (Lipinski definition) is 2. The second kappa shape index (κ2) is 2.85. The van der Waals surface area contributed by atoms with E-state index in [1.807, 2.05) is 6.08 Å². The molecule has 0 fully saturated rings. The highest BCUT2D eigenvalue weighted by Crippen LogP contribution is 2.06. The van der Waals surface area contributed by atoms with Crippen molar-refractivity contribution < 1.29 is 4.74 Å². The second-order valence-corrected chi connectivity index (χ2v) is 2.18. The van der Waals surface area contributed by atoms with Gasteiger partial charge >= 0.3 is 0 Å². The zero-order chi connectivity index (χ0) is 6.69. The molecule has 0 aromatic rings. The third kappa shape index (κ3) is 1.69. The van der Waals surface area contributed by atoms with Gasteiger partial charge in [0.05, 0.1) is 6.54 Å². The molecule has 3 nitrogen and oxygen atoms in total. The van der Waals surface area contributed by atoms with Crippen LogP contribution in [0.1, 0.15) is 6.42 Å². The van der Waals surface area contributed by atoms with E-state index < -0.39 is 0 Å². The predicted molar refractivity (Wildman–Crippen MR) is 35.7 cm³/mol. The van der Waals surface area contributed by atoms with E-state index in [1.54, 1.807) is 0 Å². The van der Waals surface area contributed by atoms with Crippen LogP contribution in [-0.2, 0) is 4.74 Å². The van der Waals surface area contributed by atoms with Crippen molar-refractivity contribution in [1.82, 2.24) is 0 Å². The topological polar surface area (TPSA) is 61.3 Å². The maximum Gasteiger partial charge on any atom is 0.106 e. The molecule has 1 heterocycles. The Labute approximate surface area is 54.7 Å². The van der Waals surface area contributed by atoms with Crippen LogP contribution in [0.25, 0.3) is 0 Å². The fourth-order valence-corrected chi connectivity index (χ4v) is 0.766. The van der Waals surface area contributed by atoms with Gasteiger partial charge in [0.1, 0.15) is 12.4 Å². The van der Waals surface area contributed by atoms with Gasteiger partial charge in [-0.3, -0.25) is 0 Å². The highest BCUT2D eigenvalue weighted by Gasteiger charge is 2.08. The summed E-state index contributed by atoms with van der Waals surface area (Å²) in [6.45, 7) is 1.11. The number of nitrogens with two attached hydrogens (primary N) is 2. The highest BCUT2D eigenvalue weighted by atomic mass is 16.5. The van der Waals surface area contributed by atoms with Crippen LogP contribution in [0.3, 0.4) is 0 Å². The molecular formula is C6H12N2O. The average Bonchev–Trinajstić information content (AvgIpc) is 1.90. The van der Waals surface area contributed by atoms with Crippen molar-refractivity contribution >= 4 is 0 Å². The fraction of sp³-hybridized carbons (Fsp3) is 0.667. The van der Waals surface area contributed by atoms with Crippen molar-refractivity contribution in [3.63, 3.8) is 0 Å². The first-order valence-corrected chi connectivity index (χ1v) is 3.10. The minimum absolute atomic E-state index is 0.167. The Morgan fingerprint density at radius 3 is 3.00 bits per heavy atom. The van der Waals surface area contributed by atoms with E-state index in [0.717, 1.165) is 12.2 Å². The smallest absolute Gasteiger partial charge is 0.106 e. The average molecular weight is 128 g/mol. The van der Waals surface area contributed by atoms with E-state index in [-0.39, 0.29) is 6.04 Å². The van der Waals surface area contributed by atoms with Gasteiger partial charge in [0.15, 0.2) is 0 Å². The third-order valence-electron chi connectivity index (χ3n) is 1.33. The summed E-state index contributed by atoms with van der Waals surface area (Å²) in [7, 11) is 0. The predicted octanol–water partition coefficient (Wildman–Crippen LogP) is -0.423. The van der Waals surface area contributed by atoms with Gasteiger partial charge in [-0.1, -0.05) is 0 Å². The number of rotatable bonds is 1. The van der Waals surface area contributed by atoms with E-state index in [9.17, 15) is 0 Å². The Hall–Kier alpha value is -0.540. The van der Waals surface area contributed by atoms with Crippen LogP contribution in [0.5, 0.6) is 0 Å². The van der Waals surface area contributed by atoms with Crippen molar-refractivity contribution in [1.29, 1.82) is 0 Å². The van der Waals surface area contributed by atoms with Gasteiger partial charge < -0.3 is 16.2 Å². The highest BCUT2D eigenvalue weighted by molar-refractivity contribution is 4.99. The monoisotopic (exact) mass is 128 g/mol. The normalized spacial score (nSPS) is 26.9. The molecule has 3 heteroatoms. The molecule has 0 saturated heterocycles. The molecule has 0 aliphatic carbocycles. The number of ether oxygens (including phenoxy) is 1. The van der Waals surface area contributed by atoms with Gasteiger partial charge in [-0.15, -0.1) is 0 Å². The molecule has 9 heavy (non-hydrogen) atoms. The maximum atomic E-state index is 5.54. The molecular weight excluding hydrogens is 116 g/mol. The summed E-state index contributed by atoms with van der Waals surface area (Å²) in [6, 6.07) is 0.167. The Morgan fingerprint density at radius 1 is 1.78 bits per heavy atom. The van der Waals surface area contributed by atoms with E-state index in [0.29, 0.717) is 13.2 Å². The SMILES string of the molecule is NCC1=CC[C@@H](N)CO1. The van der Waals surface area contributed by atoms with Crippen molar-refractivity contribution in [2.45, 2.75) is 12.5 Å². The van der Waals surface area contributed by atoms with Crippen LogP contribution in [0, 0.1) is 0 Å². The summed E-state index contributed by atoms with van der Waals surface area (Å²) < 4.78 is 5.15. The molecule has 0 spiro atoms. The summed E-state index contributed by atoms with van der Waals surface area (Å²) in [6.07, 6.45) is 2.85. The Bertz CT molecular complexity index is 122. The Balaban J connectivity index is 2.40. The van der Waals surface area contributed by atoms with Gasteiger partial charge in [-0.25, -0.2) is 0 Å². The standard InChI is InChI=1S/C6H12N2O/c7-3-6-2-1-5(8)4-9-6/h2,5H,1,3-4,7-8H2/t5-/m1/s1. The van der Waals surface area contributed by atoms with Gasteiger partial charge in [0.2, 0.25) is 0 Å². The second-order valence-electron chi connectivity index (χ2n) is 2.18. The summed E-state index contributed by atoms with van der Waals surface area (Å²) >= 11 is 0. The fourth-order valence-electron chi connectivity index (χ4n) is 0.766. The quantitative estimate of drug-likeness (QED) is 0.504. The Kier molecular flexibility index (Phi) is 2.08. The molecule has 1 aliphatic rings. The van der Waals surface area contributed by atoms with E-state index in [1.165, 1.54) is 0 Å². The molecule has 0 saturated carbocycles. The lowest BCUT2D eigenvalue weighted by atomic mass is 10.2. The summed E-state index contributed by atoms with van der Waals surface area (Å²) in [4.78, 5) is 0. The molecule has 1 atom stereocenters. The van der Waals surface area contributed by atoms with Crippen LogP contribution in [0.15, 0.2) is 11.8 Å². The summed E-state index contributed by atoms with van der Waals surface area (Å²) in [5.74, 6) is 0.872. The van der Waals surface area contributed by atoms with E-state index in [4.69, 9.17) is 16.2 Å². The molecule has 0 bridgehead atoms. The minimum atomic E-state index is 0.167. The Morgan fingerprint density at radius 2 is 2.56 bits per heavy atom. The molecule has 0 amide bonds. The van der Waals surface area contributed by atoms with Crippen LogP contribution in [0.2, 0.25) is 0 Å². The zero-order valence-corrected chi connectivity index (χ0v) is 5.34. The molecule has 0 unspecified atom stereocenters. The minimum Gasteiger partial charge on any atom is -0.495 e. The number of hydrogen-bond acceptors (Lipinski definition) is 3. The molecule has 0 aromatic carbocycles. The van der Waals surface area contributed by atoms with Crippen LogP contribution in [-0.4, -0.2) is 19.2 Å². The molecule has 0 radical (unpaired) electrons. The maximum absolute atomic E-state index is 5.54. The molecule has 1 rings (SSSR count). The van der Waals surface area contributed by atoms with Gasteiger partial charge in [-0.2, -0.15) is 0 Å². The van der Waals surface area contributed by atoms with Gasteiger partial charge in [0.25, 0.3) is 0 Å². The largest absolute Gasteiger partial charge is 0.495 e. The summed E-state index contributed by atoms with van der Waals surface area (Å²) in [5, 5.41) is 0.